The summed E-state index contributed by atoms with van der Waals surface area (Å²) in [4.78, 5) is -0.443. The lowest BCUT2D eigenvalue weighted by atomic mass is 10.2. The van der Waals surface area contributed by atoms with Gasteiger partial charge in [-0.2, -0.15) is 5.10 Å². The van der Waals surface area contributed by atoms with E-state index >= 15 is 0 Å². The second kappa shape index (κ2) is 5.45. The highest BCUT2D eigenvalue weighted by Crippen LogP contribution is 2.21. The van der Waals surface area contributed by atoms with Gasteiger partial charge < -0.3 is 5.73 Å². The summed E-state index contributed by atoms with van der Waals surface area (Å²) in [6.07, 6.45) is 1.57. The maximum atomic E-state index is 14.0. The fourth-order valence-electron chi connectivity index (χ4n) is 1.93. The molecule has 0 spiro atoms. The van der Waals surface area contributed by atoms with Crippen molar-refractivity contribution in [2.45, 2.75) is 25.3 Å². The Morgan fingerprint density at radius 1 is 1.38 bits per heavy atom. The number of rotatable bonds is 4. The summed E-state index contributed by atoms with van der Waals surface area (Å²) in [6.45, 7) is 3.33. The normalized spacial score (nSPS) is 11.8. The fraction of sp³-hybridized carbons (Fsp3) is 0.308. The van der Waals surface area contributed by atoms with Crippen LogP contribution in [0.1, 0.15) is 16.8 Å². The Morgan fingerprint density at radius 3 is 2.62 bits per heavy atom. The SMILES string of the molecule is Cc1cc(N)cc(S(=O)(=O)NCc2cnn(C)c2C)c1F. The van der Waals surface area contributed by atoms with Crippen molar-refractivity contribution in [1.82, 2.24) is 14.5 Å². The molecule has 3 N–H and O–H groups in total. The maximum absolute atomic E-state index is 14.0. The van der Waals surface area contributed by atoms with Crippen LogP contribution in [0.5, 0.6) is 0 Å². The number of nitrogens with zero attached hydrogens (tertiary/aromatic N) is 2. The number of aromatic nitrogens is 2. The number of anilines is 1. The van der Waals surface area contributed by atoms with Crippen molar-refractivity contribution in [1.29, 1.82) is 0 Å². The van der Waals surface area contributed by atoms with Crippen molar-refractivity contribution in [3.8, 4) is 0 Å². The topological polar surface area (TPSA) is 90.0 Å². The monoisotopic (exact) mass is 312 g/mol. The molecule has 0 bridgehead atoms. The van der Waals surface area contributed by atoms with E-state index in [1.807, 2.05) is 6.92 Å². The molecule has 1 aromatic carbocycles. The Labute approximate surface area is 122 Å². The summed E-state index contributed by atoms with van der Waals surface area (Å²) in [5.74, 6) is -0.792. The average Bonchev–Trinajstić information content (AvgIpc) is 2.72. The number of benzene rings is 1. The molecular formula is C13H17FN4O2S. The van der Waals surface area contributed by atoms with E-state index in [1.165, 1.54) is 13.0 Å². The summed E-state index contributed by atoms with van der Waals surface area (Å²) < 4.78 is 42.4. The van der Waals surface area contributed by atoms with Crippen LogP contribution in [0.3, 0.4) is 0 Å². The Morgan fingerprint density at radius 2 is 2.05 bits per heavy atom. The van der Waals surface area contributed by atoms with Gasteiger partial charge in [-0.05, 0) is 31.5 Å². The number of hydrogen-bond donors (Lipinski definition) is 2. The zero-order valence-electron chi connectivity index (χ0n) is 12.0. The molecule has 21 heavy (non-hydrogen) atoms. The van der Waals surface area contributed by atoms with Gasteiger partial charge in [-0.3, -0.25) is 4.68 Å². The smallest absolute Gasteiger partial charge is 0.243 e. The molecule has 0 saturated carbocycles. The second-order valence-electron chi connectivity index (χ2n) is 4.85. The molecule has 2 rings (SSSR count). The summed E-state index contributed by atoms with van der Waals surface area (Å²) >= 11 is 0. The zero-order valence-corrected chi connectivity index (χ0v) is 12.8. The molecule has 0 aliphatic carbocycles. The lowest BCUT2D eigenvalue weighted by Gasteiger charge is -2.10. The van der Waals surface area contributed by atoms with Crippen LogP contribution in [0.2, 0.25) is 0 Å². The molecule has 0 saturated heterocycles. The minimum atomic E-state index is -3.98. The quantitative estimate of drug-likeness (QED) is 0.831. The Hall–Kier alpha value is -1.93. The van der Waals surface area contributed by atoms with Crippen LogP contribution >= 0.6 is 0 Å². The van der Waals surface area contributed by atoms with E-state index in [0.29, 0.717) is 0 Å². The van der Waals surface area contributed by atoms with Crippen LogP contribution in [0.4, 0.5) is 10.1 Å². The summed E-state index contributed by atoms with van der Waals surface area (Å²) in [5, 5.41) is 4.02. The summed E-state index contributed by atoms with van der Waals surface area (Å²) in [7, 11) is -2.23. The van der Waals surface area contributed by atoms with E-state index in [1.54, 1.807) is 17.9 Å². The molecule has 0 aliphatic heterocycles. The fourth-order valence-corrected chi connectivity index (χ4v) is 3.12. The van der Waals surface area contributed by atoms with Gasteiger partial charge in [0.05, 0.1) is 6.20 Å². The van der Waals surface area contributed by atoms with Crippen LogP contribution in [0.15, 0.2) is 23.2 Å². The average molecular weight is 312 g/mol. The predicted octanol–water partition coefficient (Wildman–Crippen LogP) is 1.24. The largest absolute Gasteiger partial charge is 0.399 e. The molecule has 0 radical (unpaired) electrons. The number of halogens is 1. The number of nitrogen functional groups attached to an aromatic ring is 1. The van der Waals surface area contributed by atoms with Crippen LogP contribution in [0.25, 0.3) is 0 Å². The third kappa shape index (κ3) is 3.06. The van der Waals surface area contributed by atoms with Crippen molar-refractivity contribution < 1.29 is 12.8 Å². The van der Waals surface area contributed by atoms with Gasteiger partial charge in [0.2, 0.25) is 10.0 Å². The van der Waals surface area contributed by atoms with Gasteiger partial charge in [-0.25, -0.2) is 17.5 Å². The van der Waals surface area contributed by atoms with Gasteiger partial charge in [0.1, 0.15) is 10.7 Å². The first-order valence-electron chi connectivity index (χ1n) is 6.25. The van der Waals surface area contributed by atoms with E-state index in [-0.39, 0.29) is 17.8 Å². The number of aryl methyl sites for hydroxylation is 2. The van der Waals surface area contributed by atoms with Gasteiger partial charge in [-0.1, -0.05) is 0 Å². The Balaban J connectivity index is 2.29. The van der Waals surface area contributed by atoms with Crippen LogP contribution in [-0.2, 0) is 23.6 Å². The third-order valence-electron chi connectivity index (χ3n) is 3.32. The first-order valence-corrected chi connectivity index (χ1v) is 7.73. The van der Waals surface area contributed by atoms with Gasteiger partial charge in [-0.15, -0.1) is 0 Å². The summed E-state index contributed by atoms with van der Waals surface area (Å²) in [5.41, 5.74) is 7.54. The van der Waals surface area contributed by atoms with Crippen LogP contribution in [-0.4, -0.2) is 18.2 Å². The van der Waals surface area contributed by atoms with E-state index in [0.717, 1.165) is 17.3 Å². The number of nitrogens with one attached hydrogen (secondary N) is 1. The highest BCUT2D eigenvalue weighted by molar-refractivity contribution is 7.89. The number of hydrogen-bond acceptors (Lipinski definition) is 4. The highest BCUT2D eigenvalue weighted by Gasteiger charge is 2.21. The first kappa shape index (κ1) is 15.5. The molecule has 8 heteroatoms. The van der Waals surface area contributed by atoms with E-state index < -0.39 is 20.7 Å². The van der Waals surface area contributed by atoms with Gasteiger partial charge in [0, 0.05) is 30.5 Å². The molecule has 0 unspecified atom stereocenters. The Bertz CT molecular complexity index is 784. The lowest BCUT2D eigenvalue weighted by Crippen LogP contribution is -2.25. The van der Waals surface area contributed by atoms with Gasteiger partial charge in [0.25, 0.3) is 0 Å². The third-order valence-corrected chi connectivity index (χ3v) is 4.72. The standard InChI is InChI=1S/C13H17FN4O2S/c1-8-4-11(15)5-12(13(8)14)21(19,20)17-7-10-6-16-18(3)9(10)2/h4-6,17H,7,15H2,1-3H3. The number of sulfonamides is 1. The molecule has 0 atom stereocenters. The van der Waals surface area contributed by atoms with E-state index in [2.05, 4.69) is 9.82 Å². The predicted molar refractivity (Wildman–Crippen MR) is 77.5 cm³/mol. The van der Waals surface area contributed by atoms with E-state index in [4.69, 9.17) is 5.73 Å². The highest BCUT2D eigenvalue weighted by atomic mass is 32.2. The van der Waals surface area contributed by atoms with Gasteiger partial charge >= 0.3 is 0 Å². The minimum absolute atomic E-state index is 0.0370. The van der Waals surface area contributed by atoms with Crippen molar-refractivity contribution in [3.63, 3.8) is 0 Å². The molecule has 1 heterocycles. The summed E-state index contributed by atoms with van der Waals surface area (Å²) in [6, 6.07) is 2.50. The molecular weight excluding hydrogens is 295 g/mol. The van der Waals surface area contributed by atoms with Gasteiger partial charge in [0.15, 0.2) is 0 Å². The van der Waals surface area contributed by atoms with Crippen molar-refractivity contribution in [3.05, 3.63) is 41.0 Å². The molecule has 2 aromatic rings. The van der Waals surface area contributed by atoms with Crippen molar-refractivity contribution in [2.75, 3.05) is 5.73 Å². The van der Waals surface area contributed by atoms with Crippen LogP contribution < -0.4 is 10.5 Å². The molecule has 114 valence electrons. The second-order valence-corrected chi connectivity index (χ2v) is 6.59. The molecule has 0 amide bonds. The molecule has 1 aromatic heterocycles. The molecule has 6 nitrogen and oxygen atoms in total. The zero-order chi connectivity index (χ0) is 15.8. The van der Waals surface area contributed by atoms with Crippen molar-refractivity contribution >= 4 is 15.7 Å². The minimum Gasteiger partial charge on any atom is -0.399 e. The Kier molecular flexibility index (Phi) is 4.02. The van der Waals surface area contributed by atoms with Crippen LogP contribution in [0, 0.1) is 19.7 Å². The molecule has 0 fully saturated rings. The van der Waals surface area contributed by atoms with Crippen molar-refractivity contribution in [2.24, 2.45) is 7.05 Å². The van der Waals surface area contributed by atoms with E-state index in [9.17, 15) is 12.8 Å². The first-order chi connectivity index (χ1) is 9.72. The lowest BCUT2D eigenvalue weighted by molar-refractivity contribution is 0.553. The molecule has 0 aliphatic rings. The maximum Gasteiger partial charge on any atom is 0.243 e. The number of nitrogens with two attached hydrogens (primary N) is 1.